The maximum absolute atomic E-state index is 13.3. The second kappa shape index (κ2) is 10.7. The van der Waals surface area contributed by atoms with Gasteiger partial charge in [-0.05, 0) is 67.6 Å². The molecule has 0 aromatic heterocycles. The first-order valence-electron chi connectivity index (χ1n) is 12.4. The third-order valence-electron chi connectivity index (χ3n) is 6.69. The molecule has 3 N–H and O–H groups in total. The van der Waals surface area contributed by atoms with Crippen LogP contribution in [-0.2, 0) is 16.4 Å². The molecule has 0 saturated carbocycles. The molecule has 0 radical (unpaired) electrons. The molecule has 0 unspecified atom stereocenters. The van der Waals surface area contributed by atoms with Gasteiger partial charge < -0.3 is 15.2 Å². The third-order valence-corrected chi connectivity index (χ3v) is 8.15. The molecule has 0 fully saturated rings. The van der Waals surface area contributed by atoms with E-state index in [1.54, 1.807) is 56.3 Å². The minimum atomic E-state index is -3.97. The molecule has 0 spiro atoms. The molecular weight excluding hydrogens is 488 g/mol. The molecule has 2 atom stereocenters. The summed E-state index contributed by atoms with van der Waals surface area (Å²) in [5.41, 5.74) is 1.85. The minimum Gasteiger partial charge on any atom is -0.485 e. The van der Waals surface area contributed by atoms with Gasteiger partial charge in [-0.1, -0.05) is 56.3 Å². The van der Waals surface area contributed by atoms with Gasteiger partial charge >= 0.3 is 0 Å². The molecule has 3 aromatic carbocycles. The summed E-state index contributed by atoms with van der Waals surface area (Å²) in [6.07, 6.45) is -0.507. The monoisotopic (exact) mass is 522 g/mol. The fourth-order valence-electron chi connectivity index (χ4n) is 4.40. The Kier molecular flexibility index (Phi) is 7.73. The first-order valence-corrected chi connectivity index (χ1v) is 13.9. The highest BCUT2D eigenvalue weighted by Gasteiger charge is 2.44. The van der Waals surface area contributed by atoms with Crippen LogP contribution in [0.3, 0.4) is 0 Å². The zero-order chi connectivity index (χ0) is 26.8. The Morgan fingerprint density at radius 3 is 2.35 bits per heavy atom. The van der Waals surface area contributed by atoms with E-state index in [1.807, 2.05) is 44.2 Å². The summed E-state index contributed by atoms with van der Waals surface area (Å²) < 4.78 is 35.2. The average Bonchev–Trinajstić information content (AvgIpc) is 2.87. The number of ether oxygens (including phenoxy) is 1. The predicted molar refractivity (Wildman–Crippen MR) is 143 cm³/mol. The first-order chi connectivity index (χ1) is 17.5. The van der Waals surface area contributed by atoms with Gasteiger partial charge in [-0.25, -0.2) is 13.1 Å². The number of aliphatic hydroxyl groups is 1. The highest BCUT2D eigenvalue weighted by Crippen LogP contribution is 2.41. The number of amides is 1. The number of hydrogen-bond donors (Lipinski definition) is 3. The van der Waals surface area contributed by atoms with Gasteiger partial charge in [0.1, 0.15) is 17.5 Å². The van der Waals surface area contributed by atoms with Gasteiger partial charge in [0.2, 0.25) is 10.0 Å². The Bertz CT molecular complexity index is 1350. The summed E-state index contributed by atoms with van der Waals surface area (Å²) in [5.74, 6) is 0.398. The predicted octanol–water partition coefficient (Wildman–Crippen LogP) is 4.33. The van der Waals surface area contributed by atoms with Crippen LogP contribution in [0.2, 0.25) is 0 Å². The lowest BCUT2D eigenvalue weighted by Crippen LogP contribution is -2.53. The fourth-order valence-corrected chi connectivity index (χ4v) is 5.62. The zero-order valence-corrected chi connectivity index (χ0v) is 22.4. The number of carbonyl (C=O) groups is 1. The first kappa shape index (κ1) is 26.9. The van der Waals surface area contributed by atoms with Crippen LogP contribution in [0.1, 0.15) is 66.7 Å². The van der Waals surface area contributed by atoms with Crippen molar-refractivity contribution in [2.75, 3.05) is 6.54 Å². The summed E-state index contributed by atoms with van der Waals surface area (Å²) in [4.78, 5) is 13.0. The van der Waals surface area contributed by atoms with Crippen LogP contribution >= 0.6 is 0 Å². The number of sulfonamides is 1. The van der Waals surface area contributed by atoms with E-state index in [9.17, 15) is 18.3 Å². The van der Waals surface area contributed by atoms with E-state index < -0.39 is 27.8 Å². The number of nitrogens with one attached hydrogen (secondary N) is 2. The van der Waals surface area contributed by atoms with Crippen LogP contribution in [0.25, 0.3) is 0 Å². The van der Waals surface area contributed by atoms with Crippen molar-refractivity contribution >= 4 is 15.9 Å². The van der Waals surface area contributed by atoms with Crippen LogP contribution in [0.15, 0.2) is 77.7 Å². The normalized spacial score (nSPS) is 18.6. The van der Waals surface area contributed by atoms with Gasteiger partial charge in [0.25, 0.3) is 5.91 Å². The lowest BCUT2D eigenvalue weighted by atomic mass is 9.86. The number of hydrogen-bond acceptors (Lipinski definition) is 5. The lowest BCUT2D eigenvalue weighted by molar-refractivity contribution is -0.0603. The van der Waals surface area contributed by atoms with E-state index in [4.69, 9.17) is 4.74 Å². The average molecular weight is 523 g/mol. The molecule has 0 bridgehead atoms. The van der Waals surface area contributed by atoms with Crippen LogP contribution < -0.4 is 14.8 Å². The van der Waals surface area contributed by atoms with Gasteiger partial charge in [-0.15, -0.1) is 0 Å². The Hall–Kier alpha value is -3.20. The van der Waals surface area contributed by atoms with Crippen LogP contribution in [-0.4, -0.2) is 37.7 Å². The summed E-state index contributed by atoms with van der Waals surface area (Å²) in [6, 6.07) is 20.4. The SMILES string of the molecule is CC(C)c1ccc(S(=O)(=O)N[C@@H]2c3cc(C(=O)NCCc4ccccc4)ccc3OC(C)(C)[C@H]2O)cc1. The molecule has 1 aliphatic rings. The third kappa shape index (κ3) is 6.04. The smallest absolute Gasteiger partial charge is 0.251 e. The standard InChI is InChI=1S/C29H34N2O5S/c1-19(2)21-10-13-23(14-11-21)37(34,35)31-26-24-18-22(12-15-25(24)36-29(3,4)27(26)32)28(33)30-17-16-20-8-6-5-7-9-20/h5-15,18-19,26-27,31-32H,16-17H2,1-4H3,(H,30,33)/t26-,27+/m1/s1. The number of benzene rings is 3. The van der Waals surface area contributed by atoms with Crippen molar-refractivity contribution < 1.29 is 23.1 Å². The topological polar surface area (TPSA) is 105 Å². The lowest BCUT2D eigenvalue weighted by Gasteiger charge is -2.42. The van der Waals surface area contributed by atoms with Crippen molar-refractivity contribution in [1.29, 1.82) is 0 Å². The molecule has 4 rings (SSSR count). The van der Waals surface area contributed by atoms with Crippen molar-refractivity contribution in [1.82, 2.24) is 10.0 Å². The van der Waals surface area contributed by atoms with Gasteiger partial charge in [0, 0.05) is 17.7 Å². The van der Waals surface area contributed by atoms with E-state index >= 15 is 0 Å². The molecule has 0 aliphatic carbocycles. The van der Waals surface area contributed by atoms with Crippen molar-refractivity contribution in [3.8, 4) is 5.75 Å². The highest BCUT2D eigenvalue weighted by atomic mass is 32.2. The quantitative estimate of drug-likeness (QED) is 0.408. The van der Waals surface area contributed by atoms with E-state index in [2.05, 4.69) is 10.0 Å². The fraction of sp³-hybridized carbons (Fsp3) is 0.345. The van der Waals surface area contributed by atoms with E-state index in [-0.39, 0.29) is 16.7 Å². The molecule has 1 aliphatic heterocycles. The van der Waals surface area contributed by atoms with E-state index in [0.717, 1.165) is 11.1 Å². The van der Waals surface area contributed by atoms with Gasteiger partial charge in [0.05, 0.1) is 10.9 Å². The maximum atomic E-state index is 13.3. The summed E-state index contributed by atoms with van der Waals surface area (Å²) in [5, 5.41) is 14.0. The van der Waals surface area contributed by atoms with Crippen molar-refractivity contribution in [2.24, 2.45) is 0 Å². The highest BCUT2D eigenvalue weighted by molar-refractivity contribution is 7.89. The van der Waals surface area contributed by atoms with Gasteiger partial charge in [-0.2, -0.15) is 0 Å². The van der Waals surface area contributed by atoms with Crippen molar-refractivity contribution in [3.63, 3.8) is 0 Å². The molecule has 1 heterocycles. The molecule has 8 heteroatoms. The summed E-state index contributed by atoms with van der Waals surface area (Å²) in [7, 11) is -3.97. The number of aliphatic hydroxyl groups excluding tert-OH is 1. The summed E-state index contributed by atoms with van der Waals surface area (Å²) >= 11 is 0. The largest absolute Gasteiger partial charge is 0.485 e. The number of fused-ring (bicyclic) bond motifs is 1. The number of rotatable bonds is 8. The molecule has 3 aromatic rings. The Morgan fingerprint density at radius 1 is 1.03 bits per heavy atom. The molecule has 7 nitrogen and oxygen atoms in total. The van der Waals surface area contributed by atoms with Gasteiger partial charge in [-0.3, -0.25) is 4.79 Å². The second-order valence-corrected chi connectivity index (χ2v) is 11.9. The van der Waals surface area contributed by atoms with Crippen LogP contribution in [0, 0.1) is 0 Å². The Morgan fingerprint density at radius 2 is 1.70 bits per heavy atom. The molecular formula is C29H34N2O5S. The molecule has 1 amide bonds. The van der Waals surface area contributed by atoms with Crippen LogP contribution in [0.5, 0.6) is 5.75 Å². The second-order valence-electron chi connectivity index (χ2n) is 10.2. The van der Waals surface area contributed by atoms with Crippen LogP contribution in [0.4, 0.5) is 0 Å². The van der Waals surface area contributed by atoms with E-state index in [1.165, 1.54) is 0 Å². The molecule has 37 heavy (non-hydrogen) atoms. The molecule has 196 valence electrons. The zero-order valence-electron chi connectivity index (χ0n) is 21.6. The van der Waals surface area contributed by atoms with E-state index in [0.29, 0.717) is 29.8 Å². The number of carbonyl (C=O) groups excluding carboxylic acids is 1. The summed E-state index contributed by atoms with van der Waals surface area (Å²) in [6.45, 7) is 7.92. The molecule has 0 saturated heterocycles. The van der Waals surface area contributed by atoms with Crippen molar-refractivity contribution in [3.05, 3.63) is 95.1 Å². The minimum absolute atomic E-state index is 0.102. The van der Waals surface area contributed by atoms with Crippen molar-refractivity contribution in [2.45, 2.75) is 62.7 Å². The Balaban J connectivity index is 1.58. The maximum Gasteiger partial charge on any atom is 0.251 e. The van der Waals surface area contributed by atoms with Gasteiger partial charge in [0.15, 0.2) is 0 Å². The Labute approximate surface area is 218 Å².